The number of fused-ring (bicyclic) bond motifs is 1. The van der Waals surface area contributed by atoms with Crippen molar-refractivity contribution in [3.05, 3.63) is 77.0 Å². The second kappa shape index (κ2) is 9.64. The minimum atomic E-state index is -0.392. The molecule has 1 aliphatic heterocycles. The molecule has 0 radical (unpaired) electrons. The highest BCUT2D eigenvalue weighted by Crippen LogP contribution is 2.34. The second-order valence-electron chi connectivity index (χ2n) is 9.66. The molecule has 5 rings (SSSR count). The van der Waals surface area contributed by atoms with Gasteiger partial charge in [0, 0.05) is 48.0 Å². The third-order valence-electron chi connectivity index (χ3n) is 6.88. The molecule has 0 aliphatic carbocycles. The lowest BCUT2D eigenvalue weighted by molar-refractivity contribution is 0.0342. The number of ether oxygens (including phenoxy) is 1. The molecule has 3 N–H and O–H groups in total. The smallest absolute Gasteiger partial charge is 0.248 e. The first-order valence-corrected chi connectivity index (χ1v) is 12.2. The predicted octanol–water partition coefficient (Wildman–Crippen LogP) is 5.26. The maximum Gasteiger partial charge on any atom is 0.248 e. The van der Waals surface area contributed by atoms with Crippen molar-refractivity contribution in [1.29, 1.82) is 0 Å². The number of H-pyrrole nitrogens is 1. The van der Waals surface area contributed by atoms with Gasteiger partial charge in [-0.2, -0.15) is 0 Å². The molecule has 6 nitrogen and oxygen atoms in total. The molecule has 6 heteroatoms. The predicted molar refractivity (Wildman–Crippen MR) is 140 cm³/mol. The summed E-state index contributed by atoms with van der Waals surface area (Å²) in [7, 11) is 0. The van der Waals surface area contributed by atoms with Gasteiger partial charge in [0.15, 0.2) is 0 Å². The number of carbonyl (C=O) groups excluding carboxylic acids is 1. The van der Waals surface area contributed by atoms with Gasteiger partial charge in [-0.3, -0.25) is 9.69 Å². The third kappa shape index (κ3) is 4.72. The number of benzene rings is 2. The number of nitrogens with one attached hydrogen (secondary N) is 1. The Hall–Kier alpha value is -3.48. The molecule has 1 fully saturated rings. The normalized spacial score (nSPS) is 14.6. The van der Waals surface area contributed by atoms with Crippen molar-refractivity contribution in [2.45, 2.75) is 33.2 Å². The number of aromatic amines is 1. The number of primary amides is 1. The van der Waals surface area contributed by atoms with E-state index in [9.17, 15) is 4.79 Å². The Labute approximate surface area is 206 Å². The molecule has 0 spiro atoms. The summed E-state index contributed by atoms with van der Waals surface area (Å²) in [5, 5.41) is 1.06. The monoisotopic (exact) mass is 468 g/mol. The van der Waals surface area contributed by atoms with Gasteiger partial charge >= 0.3 is 0 Å². The van der Waals surface area contributed by atoms with Crippen LogP contribution in [0.2, 0.25) is 0 Å². The lowest BCUT2D eigenvalue weighted by Crippen LogP contribution is -2.35. The molecule has 1 saturated heterocycles. The molecule has 4 aromatic rings. The average Bonchev–Trinajstić information content (AvgIpc) is 3.29. The van der Waals surface area contributed by atoms with Crippen LogP contribution in [0.3, 0.4) is 0 Å². The molecule has 180 valence electrons. The number of amides is 1. The van der Waals surface area contributed by atoms with Gasteiger partial charge in [0.05, 0.1) is 13.2 Å². The Morgan fingerprint density at radius 2 is 1.89 bits per heavy atom. The molecule has 0 unspecified atom stereocenters. The lowest BCUT2D eigenvalue weighted by atomic mass is 9.92. The maximum absolute atomic E-state index is 11.9. The molecule has 35 heavy (non-hydrogen) atoms. The zero-order chi connectivity index (χ0) is 24.5. The first-order chi connectivity index (χ1) is 16.9. The fourth-order valence-electron chi connectivity index (χ4n) is 4.93. The molecular formula is C29H32N4O2. The van der Waals surface area contributed by atoms with Gasteiger partial charge < -0.3 is 15.5 Å². The molecule has 0 bridgehead atoms. The van der Waals surface area contributed by atoms with E-state index < -0.39 is 5.91 Å². The van der Waals surface area contributed by atoms with E-state index in [0.29, 0.717) is 5.56 Å². The molecule has 0 saturated carbocycles. The van der Waals surface area contributed by atoms with E-state index in [4.69, 9.17) is 10.5 Å². The van der Waals surface area contributed by atoms with E-state index in [1.165, 1.54) is 16.7 Å². The van der Waals surface area contributed by atoms with Crippen molar-refractivity contribution in [3.8, 4) is 22.4 Å². The Kier molecular flexibility index (Phi) is 6.41. The van der Waals surface area contributed by atoms with E-state index in [1.807, 2.05) is 24.4 Å². The van der Waals surface area contributed by atoms with Crippen molar-refractivity contribution >= 4 is 16.9 Å². The number of aromatic nitrogens is 2. The van der Waals surface area contributed by atoms with Crippen LogP contribution in [0.25, 0.3) is 33.4 Å². The minimum absolute atomic E-state index is 0.188. The topological polar surface area (TPSA) is 84.2 Å². The van der Waals surface area contributed by atoms with Crippen LogP contribution in [-0.2, 0) is 11.3 Å². The summed E-state index contributed by atoms with van der Waals surface area (Å²) in [5.41, 5.74) is 14.9. The van der Waals surface area contributed by atoms with E-state index >= 15 is 0 Å². The summed E-state index contributed by atoms with van der Waals surface area (Å²) >= 11 is 0. The van der Waals surface area contributed by atoms with E-state index in [-0.39, 0.29) is 5.92 Å². The number of hydrogen-bond acceptors (Lipinski definition) is 4. The first-order valence-electron chi connectivity index (χ1n) is 12.2. The summed E-state index contributed by atoms with van der Waals surface area (Å²) in [6, 6.07) is 16.8. The van der Waals surface area contributed by atoms with Crippen molar-refractivity contribution in [2.75, 3.05) is 26.3 Å². The van der Waals surface area contributed by atoms with E-state index in [2.05, 4.69) is 66.0 Å². The Bertz CT molecular complexity index is 1380. The van der Waals surface area contributed by atoms with Gasteiger partial charge in [-0.15, -0.1) is 0 Å². The SMILES string of the molecule is Cc1ccc(CN2CCOCC2)cc1-c1cc2c(-c3ccc(C(N)=O)c(C(C)C)c3)ccnc2[nH]1. The Balaban J connectivity index is 1.54. The fraction of sp³-hybridized carbons (Fsp3) is 0.310. The molecule has 3 heterocycles. The lowest BCUT2D eigenvalue weighted by Gasteiger charge is -2.26. The van der Waals surface area contributed by atoms with Crippen molar-refractivity contribution < 1.29 is 9.53 Å². The summed E-state index contributed by atoms with van der Waals surface area (Å²) < 4.78 is 5.49. The molecular weight excluding hydrogens is 436 g/mol. The van der Waals surface area contributed by atoms with Gasteiger partial charge in [-0.05, 0) is 64.9 Å². The van der Waals surface area contributed by atoms with Crippen LogP contribution in [0, 0.1) is 6.92 Å². The number of hydrogen-bond donors (Lipinski definition) is 2. The quantitative estimate of drug-likeness (QED) is 0.404. The highest BCUT2D eigenvalue weighted by atomic mass is 16.5. The van der Waals surface area contributed by atoms with Gasteiger partial charge in [0.1, 0.15) is 5.65 Å². The van der Waals surface area contributed by atoms with Crippen LogP contribution < -0.4 is 5.73 Å². The van der Waals surface area contributed by atoms with Gasteiger partial charge in [0.2, 0.25) is 5.91 Å². The number of rotatable bonds is 6. The highest BCUT2D eigenvalue weighted by Gasteiger charge is 2.17. The number of pyridine rings is 1. The largest absolute Gasteiger partial charge is 0.379 e. The maximum atomic E-state index is 11.9. The number of aryl methyl sites for hydroxylation is 1. The molecule has 2 aromatic carbocycles. The third-order valence-corrected chi connectivity index (χ3v) is 6.88. The minimum Gasteiger partial charge on any atom is -0.379 e. The van der Waals surface area contributed by atoms with Crippen molar-refractivity contribution in [3.63, 3.8) is 0 Å². The van der Waals surface area contributed by atoms with Crippen LogP contribution in [0.5, 0.6) is 0 Å². The summed E-state index contributed by atoms with van der Waals surface area (Å²) in [5.74, 6) is -0.204. The van der Waals surface area contributed by atoms with E-state index in [0.717, 1.165) is 66.3 Å². The summed E-state index contributed by atoms with van der Waals surface area (Å²) in [6.07, 6.45) is 1.83. The van der Waals surface area contributed by atoms with Crippen LogP contribution >= 0.6 is 0 Å². The molecule has 1 amide bonds. The zero-order valence-electron chi connectivity index (χ0n) is 20.6. The number of nitrogens with two attached hydrogens (primary N) is 1. The molecule has 0 atom stereocenters. The van der Waals surface area contributed by atoms with Gasteiger partial charge in [0.25, 0.3) is 0 Å². The summed E-state index contributed by atoms with van der Waals surface area (Å²) in [4.78, 5) is 22.5. The summed E-state index contributed by atoms with van der Waals surface area (Å²) in [6.45, 7) is 10.8. The average molecular weight is 469 g/mol. The first kappa shape index (κ1) is 23.3. The standard InChI is InChI=1S/C29H32N4O2/c1-18(2)24-15-21(6-7-23(24)28(30)34)22-8-9-31-29-26(22)16-27(32-29)25-14-20(5-4-19(25)3)17-33-10-12-35-13-11-33/h4-9,14-16,18H,10-13,17H2,1-3H3,(H2,30,34)(H,31,32). The van der Waals surface area contributed by atoms with Crippen molar-refractivity contribution in [1.82, 2.24) is 14.9 Å². The highest BCUT2D eigenvalue weighted by molar-refractivity contribution is 5.99. The van der Waals surface area contributed by atoms with Gasteiger partial charge in [-0.1, -0.05) is 38.1 Å². The second-order valence-corrected chi connectivity index (χ2v) is 9.66. The van der Waals surface area contributed by atoms with Crippen LogP contribution in [0.1, 0.15) is 46.8 Å². The van der Waals surface area contributed by atoms with Gasteiger partial charge in [-0.25, -0.2) is 4.98 Å². The Morgan fingerprint density at radius 3 is 2.63 bits per heavy atom. The molecule has 2 aromatic heterocycles. The van der Waals surface area contributed by atoms with Crippen LogP contribution in [0.4, 0.5) is 0 Å². The van der Waals surface area contributed by atoms with Crippen LogP contribution in [0.15, 0.2) is 54.7 Å². The van der Waals surface area contributed by atoms with Crippen LogP contribution in [-0.4, -0.2) is 47.1 Å². The number of nitrogens with zero attached hydrogens (tertiary/aromatic N) is 2. The molecule has 1 aliphatic rings. The fourth-order valence-corrected chi connectivity index (χ4v) is 4.93. The zero-order valence-corrected chi connectivity index (χ0v) is 20.6. The van der Waals surface area contributed by atoms with Crippen molar-refractivity contribution in [2.24, 2.45) is 5.73 Å². The number of morpholine rings is 1. The number of carbonyl (C=O) groups is 1. The Morgan fingerprint density at radius 1 is 1.09 bits per heavy atom. The van der Waals surface area contributed by atoms with E-state index in [1.54, 1.807) is 0 Å².